The van der Waals surface area contributed by atoms with Gasteiger partial charge in [-0.3, -0.25) is 9.59 Å². The zero-order valence-electron chi connectivity index (χ0n) is 16.7. The Morgan fingerprint density at radius 1 is 1.24 bits per heavy atom. The Morgan fingerprint density at radius 3 is 2.59 bits per heavy atom. The van der Waals surface area contributed by atoms with Gasteiger partial charge in [-0.25, -0.2) is 0 Å². The number of aromatic nitrogens is 3. The number of nitrogens with one attached hydrogen (secondary N) is 2. The van der Waals surface area contributed by atoms with E-state index in [0.717, 1.165) is 12.8 Å². The van der Waals surface area contributed by atoms with Crippen molar-refractivity contribution in [3.63, 3.8) is 0 Å². The molecule has 1 fully saturated rings. The lowest BCUT2D eigenvalue weighted by atomic mass is 10.2. The SMILES string of the molecule is CCn1c(SCC(=O)NC2CCCC2)nnc1C(C)NC(=O)c1ccc(Cl)cc1. The molecule has 9 heteroatoms. The highest BCUT2D eigenvalue weighted by atomic mass is 35.5. The summed E-state index contributed by atoms with van der Waals surface area (Å²) in [4.78, 5) is 24.6. The lowest BCUT2D eigenvalue weighted by molar-refractivity contribution is -0.119. The largest absolute Gasteiger partial charge is 0.353 e. The smallest absolute Gasteiger partial charge is 0.251 e. The molecule has 0 spiro atoms. The summed E-state index contributed by atoms with van der Waals surface area (Å²) >= 11 is 7.24. The lowest BCUT2D eigenvalue weighted by Crippen LogP contribution is -2.33. The number of hydrogen-bond donors (Lipinski definition) is 2. The van der Waals surface area contributed by atoms with Crippen molar-refractivity contribution in [3.05, 3.63) is 40.7 Å². The molecule has 1 aromatic heterocycles. The number of nitrogens with zero attached hydrogens (tertiary/aromatic N) is 3. The minimum Gasteiger partial charge on any atom is -0.353 e. The first-order valence-corrected chi connectivity index (χ1v) is 11.3. The summed E-state index contributed by atoms with van der Waals surface area (Å²) in [7, 11) is 0. The Hall–Kier alpha value is -2.06. The maximum absolute atomic E-state index is 12.5. The molecule has 2 N–H and O–H groups in total. The maximum atomic E-state index is 12.5. The van der Waals surface area contributed by atoms with Gasteiger partial charge in [0.15, 0.2) is 11.0 Å². The van der Waals surface area contributed by atoms with Crippen LogP contribution in [0.5, 0.6) is 0 Å². The number of amides is 2. The summed E-state index contributed by atoms with van der Waals surface area (Å²) in [6.07, 6.45) is 4.50. The van der Waals surface area contributed by atoms with Gasteiger partial charge in [0, 0.05) is 23.2 Å². The summed E-state index contributed by atoms with van der Waals surface area (Å²) in [5.74, 6) is 0.789. The van der Waals surface area contributed by atoms with E-state index in [-0.39, 0.29) is 17.9 Å². The van der Waals surface area contributed by atoms with Crippen molar-refractivity contribution in [2.45, 2.75) is 63.3 Å². The van der Waals surface area contributed by atoms with Gasteiger partial charge in [-0.2, -0.15) is 0 Å². The molecule has 1 aromatic carbocycles. The second-order valence-electron chi connectivity index (χ2n) is 7.12. The monoisotopic (exact) mass is 435 g/mol. The van der Waals surface area contributed by atoms with Crippen LogP contribution in [-0.2, 0) is 11.3 Å². The number of halogens is 1. The fraction of sp³-hybridized carbons (Fsp3) is 0.500. The molecule has 1 unspecified atom stereocenters. The highest BCUT2D eigenvalue weighted by molar-refractivity contribution is 7.99. The third kappa shape index (κ3) is 5.73. The van der Waals surface area contributed by atoms with Crippen molar-refractivity contribution in [2.24, 2.45) is 0 Å². The van der Waals surface area contributed by atoms with Crippen LogP contribution in [0.3, 0.4) is 0 Å². The number of hydrogen-bond acceptors (Lipinski definition) is 5. The van der Waals surface area contributed by atoms with Crippen molar-refractivity contribution < 1.29 is 9.59 Å². The van der Waals surface area contributed by atoms with E-state index in [4.69, 9.17) is 11.6 Å². The van der Waals surface area contributed by atoms with Crippen LogP contribution in [-0.4, -0.2) is 38.4 Å². The van der Waals surface area contributed by atoms with Crippen LogP contribution in [0.2, 0.25) is 5.02 Å². The first-order valence-electron chi connectivity index (χ1n) is 9.89. The molecule has 1 atom stereocenters. The minimum absolute atomic E-state index is 0.0261. The van der Waals surface area contributed by atoms with E-state index < -0.39 is 0 Å². The molecule has 156 valence electrons. The van der Waals surface area contributed by atoms with E-state index in [0.29, 0.717) is 39.9 Å². The number of carbonyl (C=O) groups excluding carboxylic acids is 2. The van der Waals surface area contributed by atoms with Crippen LogP contribution in [0.1, 0.15) is 61.8 Å². The van der Waals surface area contributed by atoms with Crippen LogP contribution < -0.4 is 10.6 Å². The second kappa shape index (κ2) is 10.1. The number of rotatable bonds is 8. The van der Waals surface area contributed by atoms with Gasteiger partial charge < -0.3 is 15.2 Å². The van der Waals surface area contributed by atoms with Crippen LogP contribution in [0.4, 0.5) is 0 Å². The predicted molar refractivity (Wildman–Crippen MR) is 114 cm³/mol. The third-order valence-electron chi connectivity index (χ3n) is 4.96. The molecule has 0 aliphatic heterocycles. The molecule has 7 nitrogen and oxygen atoms in total. The highest BCUT2D eigenvalue weighted by Gasteiger charge is 2.21. The first kappa shape index (κ1) is 21.6. The zero-order valence-corrected chi connectivity index (χ0v) is 18.2. The summed E-state index contributed by atoms with van der Waals surface area (Å²) in [6.45, 7) is 4.50. The first-order chi connectivity index (χ1) is 14.0. The van der Waals surface area contributed by atoms with E-state index in [1.54, 1.807) is 24.3 Å². The molecular formula is C20H26ClN5O2S. The Labute approximate surface area is 180 Å². The molecular weight excluding hydrogens is 410 g/mol. The molecule has 0 saturated heterocycles. The van der Waals surface area contributed by atoms with Crippen LogP contribution >= 0.6 is 23.4 Å². The average Bonchev–Trinajstić information content (AvgIpc) is 3.36. The molecule has 3 rings (SSSR count). The molecule has 1 heterocycles. The Balaban J connectivity index is 1.59. The van der Waals surface area contributed by atoms with Crippen molar-refractivity contribution in [2.75, 3.05) is 5.75 Å². The van der Waals surface area contributed by atoms with Gasteiger partial charge in [0.25, 0.3) is 5.91 Å². The predicted octanol–water partition coefficient (Wildman–Crippen LogP) is 3.59. The van der Waals surface area contributed by atoms with Crippen LogP contribution in [0.25, 0.3) is 0 Å². The maximum Gasteiger partial charge on any atom is 0.251 e. The molecule has 29 heavy (non-hydrogen) atoms. The van der Waals surface area contributed by atoms with E-state index in [2.05, 4.69) is 20.8 Å². The van der Waals surface area contributed by atoms with Gasteiger partial charge in [0.05, 0.1) is 11.8 Å². The Kier molecular flexibility index (Phi) is 7.55. The molecule has 1 saturated carbocycles. The lowest BCUT2D eigenvalue weighted by Gasteiger charge is -2.15. The highest BCUT2D eigenvalue weighted by Crippen LogP contribution is 2.22. The summed E-state index contributed by atoms with van der Waals surface area (Å²) < 4.78 is 1.93. The van der Waals surface area contributed by atoms with Gasteiger partial charge >= 0.3 is 0 Å². The van der Waals surface area contributed by atoms with Gasteiger partial charge in [-0.05, 0) is 51.0 Å². The molecule has 1 aliphatic rings. The molecule has 2 aromatic rings. The molecule has 0 bridgehead atoms. The van der Waals surface area contributed by atoms with Gasteiger partial charge in [0.1, 0.15) is 0 Å². The van der Waals surface area contributed by atoms with Crippen molar-refractivity contribution in [1.82, 2.24) is 25.4 Å². The fourth-order valence-electron chi connectivity index (χ4n) is 3.44. The Morgan fingerprint density at radius 2 is 1.93 bits per heavy atom. The molecule has 1 aliphatic carbocycles. The quantitative estimate of drug-likeness (QED) is 0.618. The topological polar surface area (TPSA) is 88.9 Å². The van der Waals surface area contributed by atoms with Crippen LogP contribution in [0.15, 0.2) is 29.4 Å². The zero-order chi connectivity index (χ0) is 20.8. The van der Waals surface area contributed by atoms with Crippen molar-refractivity contribution in [1.29, 1.82) is 0 Å². The summed E-state index contributed by atoms with van der Waals surface area (Å²) in [5, 5.41) is 15.8. The Bertz CT molecular complexity index is 849. The van der Waals surface area contributed by atoms with Crippen LogP contribution in [0, 0.1) is 0 Å². The van der Waals surface area contributed by atoms with E-state index in [1.165, 1.54) is 24.6 Å². The van der Waals surface area contributed by atoms with Gasteiger partial charge in [-0.1, -0.05) is 36.2 Å². The number of thioether (sulfide) groups is 1. The van der Waals surface area contributed by atoms with Gasteiger partial charge in [0.2, 0.25) is 5.91 Å². The van der Waals surface area contributed by atoms with E-state index in [9.17, 15) is 9.59 Å². The number of carbonyl (C=O) groups is 2. The second-order valence-corrected chi connectivity index (χ2v) is 8.50. The van der Waals surface area contributed by atoms with Crippen molar-refractivity contribution >= 4 is 35.2 Å². The third-order valence-corrected chi connectivity index (χ3v) is 6.17. The fourth-order valence-corrected chi connectivity index (χ4v) is 4.39. The average molecular weight is 436 g/mol. The molecule has 0 radical (unpaired) electrons. The van der Waals surface area contributed by atoms with Crippen molar-refractivity contribution in [3.8, 4) is 0 Å². The minimum atomic E-state index is -0.327. The van der Waals surface area contributed by atoms with Gasteiger partial charge in [-0.15, -0.1) is 10.2 Å². The summed E-state index contributed by atoms with van der Waals surface area (Å²) in [5.41, 5.74) is 0.530. The standard InChI is InChI=1S/C20H26ClN5O2S/c1-3-26-18(13(2)22-19(28)14-8-10-15(21)11-9-14)24-25-20(26)29-12-17(27)23-16-6-4-5-7-16/h8-11,13,16H,3-7,12H2,1-2H3,(H,22,28)(H,23,27). The normalized spacial score (nSPS) is 15.3. The summed E-state index contributed by atoms with van der Waals surface area (Å²) in [6, 6.07) is 6.71. The molecule has 2 amide bonds. The van der Waals surface area contributed by atoms with E-state index in [1.807, 2.05) is 18.4 Å². The van der Waals surface area contributed by atoms with E-state index >= 15 is 0 Å². The number of benzene rings is 1.